The van der Waals surface area contributed by atoms with Gasteiger partial charge >= 0.3 is 6.18 Å². The molecule has 1 N–H and O–H groups in total. The van der Waals surface area contributed by atoms with Gasteiger partial charge in [-0.1, -0.05) is 18.2 Å². The fourth-order valence-electron chi connectivity index (χ4n) is 3.95. The largest absolute Gasteiger partial charge is 0.460 e. The van der Waals surface area contributed by atoms with Gasteiger partial charge in [-0.15, -0.1) is 0 Å². The summed E-state index contributed by atoms with van der Waals surface area (Å²) in [5.74, 6) is 1.10. The smallest absolute Gasteiger partial charge is 0.417 e. The van der Waals surface area contributed by atoms with Crippen molar-refractivity contribution < 1.29 is 17.6 Å². The minimum Gasteiger partial charge on any atom is -0.460 e. The van der Waals surface area contributed by atoms with Gasteiger partial charge in [0.05, 0.1) is 28.9 Å². The second kappa shape index (κ2) is 8.28. The van der Waals surface area contributed by atoms with Gasteiger partial charge in [-0.2, -0.15) is 13.2 Å². The highest BCUT2D eigenvalue weighted by Gasteiger charge is 2.34. The van der Waals surface area contributed by atoms with Gasteiger partial charge in [0.25, 0.3) is 5.56 Å². The molecule has 0 spiro atoms. The molecule has 0 amide bonds. The molecule has 1 aromatic carbocycles. The Bertz CT molecular complexity index is 1350. The first-order valence-electron chi connectivity index (χ1n) is 10.2. The van der Waals surface area contributed by atoms with E-state index in [2.05, 4.69) is 19.9 Å². The predicted molar refractivity (Wildman–Crippen MR) is 113 cm³/mol. The average molecular weight is 453 g/mol. The summed E-state index contributed by atoms with van der Waals surface area (Å²) in [6, 6.07) is 8.53. The van der Waals surface area contributed by atoms with Gasteiger partial charge in [0, 0.05) is 37.5 Å². The number of benzene rings is 1. The van der Waals surface area contributed by atoms with Crippen LogP contribution in [0.25, 0.3) is 22.7 Å². The number of H-pyrrole nitrogens is 1. The molecule has 1 aliphatic rings. The van der Waals surface area contributed by atoms with Crippen molar-refractivity contribution in [2.45, 2.75) is 25.7 Å². The lowest BCUT2D eigenvalue weighted by Crippen LogP contribution is -2.35. The molecule has 0 atom stereocenters. The zero-order valence-corrected chi connectivity index (χ0v) is 17.3. The van der Waals surface area contributed by atoms with Crippen LogP contribution in [0.3, 0.4) is 0 Å². The van der Waals surface area contributed by atoms with E-state index in [4.69, 9.17) is 4.42 Å². The van der Waals surface area contributed by atoms with Gasteiger partial charge in [-0.3, -0.25) is 9.69 Å². The van der Waals surface area contributed by atoms with Crippen LogP contribution >= 0.6 is 0 Å². The van der Waals surface area contributed by atoms with Crippen molar-refractivity contribution in [1.82, 2.24) is 24.8 Å². The Morgan fingerprint density at radius 3 is 2.67 bits per heavy atom. The highest BCUT2D eigenvalue weighted by Crippen LogP contribution is 2.37. The molecule has 0 aliphatic carbocycles. The van der Waals surface area contributed by atoms with Crippen LogP contribution in [0.4, 0.5) is 13.2 Å². The summed E-state index contributed by atoms with van der Waals surface area (Å²) in [7, 11) is 0. The second-order valence-corrected chi connectivity index (χ2v) is 7.74. The first-order valence-corrected chi connectivity index (χ1v) is 10.2. The maximum atomic E-state index is 13.3. The van der Waals surface area contributed by atoms with Gasteiger partial charge in [0.15, 0.2) is 0 Å². The third kappa shape index (κ3) is 4.29. The van der Waals surface area contributed by atoms with Gasteiger partial charge in [0.2, 0.25) is 0 Å². The highest BCUT2D eigenvalue weighted by atomic mass is 19.4. The Balaban J connectivity index is 1.35. The molecule has 0 saturated heterocycles. The van der Waals surface area contributed by atoms with Crippen LogP contribution in [0.15, 0.2) is 64.3 Å². The number of nitrogens with zero attached hydrogens (tertiary/aromatic N) is 4. The fourth-order valence-corrected chi connectivity index (χ4v) is 3.95. The van der Waals surface area contributed by atoms with Crippen LogP contribution in [0, 0.1) is 0 Å². The van der Waals surface area contributed by atoms with Gasteiger partial charge in [-0.25, -0.2) is 15.0 Å². The maximum Gasteiger partial charge on any atom is 0.417 e. The number of aromatic nitrogens is 4. The van der Waals surface area contributed by atoms with Gasteiger partial charge in [0.1, 0.15) is 23.7 Å². The normalized spacial score (nSPS) is 14.3. The molecule has 10 heteroatoms. The zero-order valence-electron chi connectivity index (χ0n) is 17.3. The van der Waals surface area contributed by atoms with E-state index in [0.29, 0.717) is 54.5 Å². The van der Waals surface area contributed by atoms with E-state index in [1.807, 2.05) is 4.90 Å². The third-order valence-electron chi connectivity index (χ3n) is 5.52. The molecule has 0 radical (unpaired) electrons. The molecule has 33 heavy (non-hydrogen) atoms. The van der Waals surface area contributed by atoms with Gasteiger partial charge in [-0.05, 0) is 18.2 Å². The quantitative estimate of drug-likeness (QED) is 0.501. The number of alkyl halides is 3. The number of furan rings is 1. The van der Waals surface area contributed by atoms with Crippen LogP contribution in [-0.2, 0) is 25.7 Å². The van der Waals surface area contributed by atoms with E-state index >= 15 is 0 Å². The Morgan fingerprint density at radius 1 is 1.09 bits per heavy atom. The molecular formula is C23H18F3N5O2. The second-order valence-electron chi connectivity index (χ2n) is 7.74. The summed E-state index contributed by atoms with van der Waals surface area (Å²) in [4.78, 5) is 29.9. The van der Waals surface area contributed by atoms with E-state index in [-0.39, 0.29) is 16.9 Å². The molecule has 3 aromatic heterocycles. The molecular weight excluding hydrogens is 435 g/mol. The fraction of sp³-hybridized carbons (Fsp3) is 0.217. The van der Waals surface area contributed by atoms with Crippen molar-refractivity contribution >= 4 is 0 Å². The predicted octanol–water partition coefficient (Wildman–Crippen LogP) is 4.06. The van der Waals surface area contributed by atoms with Crippen molar-refractivity contribution in [1.29, 1.82) is 0 Å². The summed E-state index contributed by atoms with van der Waals surface area (Å²) in [5.41, 5.74) is 0.933. The minimum atomic E-state index is -4.47. The van der Waals surface area contributed by atoms with Crippen LogP contribution in [0.2, 0.25) is 0 Å². The first kappa shape index (κ1) is 21.1. The highest BCUT2D eigenvalue weighted by molar-refractivity contribution is 5.63. The number of rotatable bonds is 4. The van der Waals surface area contributed by atoms with E-state index in [9.17, 15) is 18.0 Å². The summed E-state index contributed by atoms with van der Waals surface area (Å²) >= 11 is 0. The van der Waals surface area contributed by atoms with Crippen LogP contribution in [0.1, 0.15) is 22.6 Å². The SMILES string of the molecule is O=c1[nH]c(-c2cncnc2)nc2c1CN(Cc1ccc(-c3ccccc3C(F)(F)F)o1)CC2. The summed E-state index contributed by atoms with van der Waals surface area (Å²) in [5, 5.41) is 0. The maximum absolute atomic E-state index is 13.3. The molecule has 0 bridgehead atoms. The van der Waals surface area contributed by atoms with E-state index in [1.54, 1.807) is 30.6 Å². The molecule has 1 aliphatic heterocycles. The lowest BCUT2D eigenvalue weighted by atomic mass is 10.1. The standard InChI is InChI=1S/C23H18F3N5O2/c24-23(25,26)18-4-2-1-3-16(18)20-6-5-15(33-20)11-31-8-7-19-17(12-31)22(32)30-21(29-19)14-9-27-13-28-10-14/h1-6,9-10,13H,7-8,11-12H2,(H,29,30,32). The van der Waals surface area contributed by atoms with Crippen molar-refractivity contribution in [3.8, 4) is 22.7 Å². The lowest BCUT2D eigenvalue weighted by molar-refractivity contribution is -0.137. The molecule has 5 rings (SSSR count). The number of halogens is 3. The number of nitrogens with one attached hydrogen (secondary N) is 1. The number of aromatic amines is 1. The van der Waals surface area contributed by atoms with E-state index in [1.165, 1.54) is 18.5 Å². The van der Waals surface area contributed by atoms with E-state index in [0.717, 1.165) is 6.07 Å². The van der Waals surface area contributed by atoms with Crippen molar-refractivity contribution in [3.05, 3.63) is 88.1 Å². The number of hydrogen-bond donors (Lipinski definition) is 1. The first-order chi connectivity index (χ1) is 15.9. The van der Waals surface area contributed by atoms with Crippen molar-refractivity contribution in [3.63, 3.8) is 0 Å². The molecule has 0 unspecified atom stereocenters. The number of fused-ring (bicyclic) bond motifs is 1. The molecule has 7 nitrogen and oxygen atoms in total. The van der Waals surface area contributed by atoms with Crippen LogP contribution in [0.5, 0.6) is 0 Å². The Hall–Kier alpha value is -3.79. The van der Waals surface area contributed by atoms with Crippen LogP contribution < -0.4 is 5.56 Å². The topological polar surface area (TPSA) is 87.9 Å². The molecule has 0 fully saturated rings. The van der Waals surface area contributed by atoms with Crippen molar-refractivity contribution in [2.75, 3.05) is 6.54 Å². The third-order valence-corrected chi connectivity index (χ3v) is 5.52. The lowest BCUT2D eigenvalue weighted by Gasteiger charge is -2.26. The monoisotopic (exact) mass is 453 g/mol. The molecule has 4 aromatic rings. The Morgan fingerprint density at radius 2 is 1.88 bits per heavy atom. The Kier molecular flexibility index (Phi) is 5.29. The average Bonchev–Trinajstić information content (AvgIpc) is 3.28. The summed E-state index contributed by atoms with van der Waals surface area (Å²) in [6.07, 6.45) is 0.652. The molecule has 168 valence electrons. The summed E-state index contributed by atoms with van der Waals surface area (Å²) < 4.78 is 45.7. The van der Waals surface area contributed by atoms with E-state index < -0.39 is 11.7 Å². The van der Waals surface area contributed by atoms with Crippen molar-refractivity contribution in [2.24, 2.45) is 0 Å². The van der Waals surface area contributed by atoms with Crippen LogP contribution in [-0.4, -0.2) is 31.4 Å². The number of hydrogen-bond acceptors (Lipinski definition) is 6. The van der Waals surface area contributed by atoms with Gasteiger partial charge < -0.3 is 9.40 Å². The Labute approximate surface area is 186 Å². The summed E-state index contributed by atoms with van der Waals surface area (Å²) in [6.45, 7) is 1.35. The minimum absolute atomic E-state index is 0.00157. The zero-order chi connectivity index (χ0) is 23.0. The molecule has 4 heterocycles. The molecule has 0 saturated carbocycles.